The lowest BCUT2D eigenvalue weighted by Crippen LogP contribution is -2.30. The smallest absolute Gasteiger partial charge is 0.306 e. The minimum Gasteiger partial charge on any atom is -0.462 e. The fraction of sp³-hybridized carbons (Fsp3) is 0.730. The molecule has 0 aromatic heterocycles. The highest BCUT2D eigenvalue weighted by atomic mass is 16.6. The van der Waals surface area contributed by atoms with E-state index in [2.05, 4.69) is 99.8 Å². The first-order chi connectivity index (χ1) is 34.0. The molecule has 0 N–H and O–H groups in total. The highest BCUT2D eigenvalue weighted by molar-refractivity contribution is 5.71. The van der Waals surface area contributed by atoms with Crippen molar-refractivity contribution in [3.63, 3.8) is 0 Å². The summed E-state index contributed by atoms with van der Waals surface area (Å²) >= 11 is 0. The summed E-state index contributed by atoms with van der Waals surface area (Å²) in [6.07, 6.45) is 74.4. The Morgan fingerprint density at radius 1 is 0.290 bits per heavy atom. The topological polar surface area (TPSA) is 78.9 Å². The number of carbonyl (C=O) groups is 3. The van der Waals surface area contributed by atoms with Crippen LogP contribution in [0.2, 0.25) is 0 Å². The molecule has 0 amide bonds. The molecule has 6 nitrogen and oxygen atoms in total. The van der Waals surface area contributed by atoms with Crippen LogP contribution < -0.4 is 0 Å². The molecule has 6 heteroatoms. The highest BCUT2D eigenvalue weighted by Gasteiger charge is 2.19. The Hall–Kier alpha value is -3.41. The van der Waals surface area contributed by atoms with E-state index in [1.54, 1.807) is 0 Å². The van der Waals surface area contributed by atoms with Crippen LogP contribution in [0, 0.1) is 0 Å². The molecule has 396 valence electrons. The molecular formula is C63H108O6. The Labute approximate surface area is 426 Å². The van der Waals surface area contributed by atoms with Gasteiger partial charge in [-0.05, 0) is 109 Å². The van der Waals surface area contributed by atoms with Crippen molar-refractivity contribution in [2.45, 2.75) is 284 Å². The van der Waals surface area contributed by atoms with Crippen molar-refractivity contribution in [2.24, 2.45) is 0 Å². The SMILES string of the molecule is CCCCC/C=C\C/C=C\C/C=C\C/C=C\C/C=C\CCC(=O)O[C@@H](COC(=O)CCCCCCC/C=C\CCCCCCCC)COC(=O)CCCCCCCCC/C=C\CCCCCCCC. The van der Waals surface area contributed by atoms with Gasteiger partial charge in [-0.3, -0.25) is 14.4 Å². The number of hydrogen-bond acceptors (Lipinski definition) is 6. The Kier molecular flexibility index (Phi) is 54.3. The van der Waals surface area contributed by atoms with Crippen LogP contribution in [0.4, 0.5) is 0 Å². The van der Waals surface area contributed by atoms with Gasteiger partial charge in [0.25, 0.3) is 0 Å². The number of esters is 3. The summed E-state index contributed by atoms with van der Waals surface area (Å²) in [7, 11) is 0. The van der Waals surface area contributed by atoms with Crippen molar-refractivity contribution in [3.05, 3.63) is 85.1 Å². The molecule has 69 heavy (non-hydrogen) atoms. The van der Waals surface area contributed by atoms with Gasteiger partial charge in [0.2, 0.25) is 0 Å². The third kappa shape index (κ3) is 55.4. The third-order valence-corrected chi connectivity index (χ3v) is 12.4. The van der Waals surface area contributed by atoms with Crippen molar-refractivity contribution in [1.82, 2.24) is 0 Å². The summed E-state index contributed by atoms with van der Waals surface area (Å²) in [4.78, 5) is 38.1. The van der Waals surface area contributed by atoms with Crippen LogP contribution in [0.5, 0.6) is 0 Å². The lowest BCUT2D eigenvalue weighted by Gasteiger charge is -2.18. The van der Waals surface area contributed by atoms with E-state index in [4.69, 9.17) is 14.2 Å². The molecule has 0 saturated heterocycles. The fourth-order valence-electron chi connectivity index (χ4n) is 7.94. The van der Waals surface area contributed by atoms with Crippen LogP contribution in [0.1, 0.15) is 278 Å². The standard InChI is InChI=1S/C63H108O6/c1-4-7-10-13-16-19-22-25-28-30-31-33-36-39-42-45-48-51-54-57-63(66)69-60(58-67-61(64)55-52-49-46-43-40-37-34-27-24-21-18-15-12-9-6-3)59-68-62(65)56-53-50-47-44-41-38-35-32-29-26-23-20-17-14-11-8-5-2/h16,19,25-29,31,33-34,39,42,48,51,60H,4-15,17-18,20-24,30,32,35-38,40-41,43-47,49-50,52-59H2,1-3H3/b19-16-,28-25-,29-26-,33-31-,34-27-,42-39-,51-48-/t60-/m0/s1. The average molecular weight is 962 g/mol. The zero-order chi connectivity index (χ0) is 50.0. The van der Waals surface area contributed by atoms with Crippen LogP contribution in [0.25, 0.3) is 0 Å². The summed E-state index contributed by atoms with van der Waals surface area (Å²) in [5, 5.41) is 0. The summed E-state index contributed by atoms with van der Waals surface area (Å²) in [6.45, 7) is 6.54. The van der Waals surface area contributed by atoms with Crippen molar-refractivity contribution in [2.75, 3.05) is 13.2 Å². The first kappa shape index (κ1) is 65.6. The molecule has 0 aliphatic rings. The molecule has 0 saturated carbocycles. The molecule has 1 atom stereocenters. The molecule has 0 aromatic carbocycles. The van der Waals surface area contributed by atoms with Gasteiger partial charge >= 0.3 is 17.9 Å². The van der Waals surface area contributed by atoms with E-state index in [1.165, 1.54) is 154 Å². The van der Waals surface area contributed by atoms with E-state index >= 15 is 0 Å². The normalized spacial score (nSPS) is 12.7. The van der Waals surface area contributed by atoms with E-state index in [1.807, 2.05) is 6.08 Å². The molecule has 0 aliphatic heterocycles. The van der Waals surface area contributed by atoms with Crippen LogP contribution >= 0.6 is 0 Å². The van der Waals surface area contributed by atoms with Gasteiger partial charge < -0.3 is 14.2 Å². The molecule has 0 heterocycles. The zero-order valence-electron chi connectivity index (χ0n) is 45.3. The molecule has 0 aliphatic carbocycles. The minimum absolute atomic E-state index is 0.111. The van der Waals surface area contributed by atoms with Crippen molar-refractivity contribution in [3.8, 4) is 0 Å². The maximum atomic E-state index is 12.8. The second kappa shape index (κ2) is 57.2. The van der Waals surface area contributed by atoms with Gasteiger partial charge in [-0.2, -0.15) is 0 Å². The summed E-state index contributed by atoms with van der Waals surface area (Å²) in [5.41, 5.74) is 0. The second-order valence-corrected chi connectivity index (χ2v) is 19.2. The predicted octanol–water partition coefficient (Wildman–Crippen LogP) is 19.5. The van der Waals surface area contributed by atoms with Gasteiger partial charge in [-0.25, -0.2) is 0 Å². The predicted molar refractivity (Wildman–Crippen MR) is 297 cm³/mol. The minimum atomic E-state index is -0.822. The Morgan fingerprint density at radius 2 is 0.551 bits per heavy atom. The molecular weight excluding hydrogens is 853 g/mol. The number of hydrogen-bond donors (Lipinski definition) is 0. The average Bonchev–Trinajstić information content (AvgIpc) is 3.35. The van der Waals surface area contributed by atoms with Gasteiger partial charge in [0.1, 0.15) is 13.2 Å². The molecule has 0 bridgehead atoms. The third-order valence-electron chi connectivity index (χ3n) is 12.4. The monoisotopic (exact) mass is 961 g/mol. The molecule has 0 aromatic rings. The van der Waals surface area contributed by atoms with Crippen LogP contribution in [0.3, 0.4) is 0 Å². The number of unbranched alkanes of at least 4 members (excludes halogenated alkanes) is 27. The van der Waals surface area contributed by atoms with Crippen LogP contribution in [-0.4, -0.2) is 37.2 Å². The molecule has 0 fully saturated rings. The largest absolute Gasteiger partial charge is 0.462 e. The van der Waals surface area contributed by atoms with Gasteiger partial charge in [0.05, 0.1) is 0 Å². The first-order valence-corrected chi connectivity index (χ1v) is 29.1. The van der Waals surface area contributed by atoms with E-state index < -0.39 is 12.1 Å². The Morgan fingerprint density at radius 3 is 0.913 bits per heavy atom. The number of carbonyl (C=O) groups excluding carboxylic acids is 3. The molecule has 0 radical (unpaired) electrons. The van der Waals surface area contributed by atoms with E-state index in [0.717, 1.165) is 77.0 Å². The van der Waals surface area contributed by atoms with E-state index in [9.17, 15) is 14.4 Å². The molecule has 0 rings (SSSR count). The van der Waals surface area contributed by atoms with Gasteiger partial charge in [-0.1, -0.05) is 234 Å². The number of rotatable bonds is 52. The van der Waals surface area contributed by atoms with Crippen molar-refractivity contribution < 1.29 is 28.6 Å². The van der Waals surface area contributed by atoms with Crippen molar-refractivity contribution >= 4 is 17.9 Å². The van der Waals surface area contributed by atoms with Gasteiger partial charge in [-0.15, -0.1) is 0 Å². The molecule has 0 unspecified atom stereocenters. The lowest BCUT2D eigenvalue weighted by molar-refractivity contribution is -0.166. The van der Waals surface area contributed by atoms with Gasteiger partial charge in [0, 0.05) is 19.3 Å². The Bertz CT molecular complexity index is 1330. The lowest BCUT2D eigenvalue weighted by atomic mass is 10.1. The number of allylic oxidation sites excluding steroid dienone is 14. The molecule has 0 spiro atoms. The van der Waals surface area contributed by atoms with Crippen LogP contribution in [-0.2, 0) is 28.6 Å². The Balaban J connectivity index is 4.51. The maximum absolute atomic E-state index is 12.8. The highest BCUT2D eigenvalue weighted by Crippen LogP contribution is 2.14. The van der Waals surface area contributed by atoms with Gasteiger partial charge in [0.15, 0.2) is 6.10 Å². The first-order valence-electron chi connectivity index (χ1n) is 29.1. The van der Waals surface area contributed by atoms with E-state index in [0.29, 0.717) is 19.3 Å². The van der Waals surface area contributed by atoms with Crippen molar-refractivity contribution in [1.29, 1.82) is 0 Å². The number of ether oxygens (including phenoxy) is 3. The summed E-state index contributed by atoms with van der Waals surface area (Å²) < 4.78 is 16.8. The van der Waals surface area contributed by atoms with Crippen LogP contribution in [0.15, 0.2) is 85.1 Å². The maximum Gasteiger partial charge on any atom is 0.306 e. The fourth-order valence-corrected chi connectivity index (χ4v) is 7.94. The second-order valence-electron chi connectivity index (χ2n) is 19.2. The summed E-state index contributed by atoms with van der Waals surface area (Å²) in [6, 6.07) is 0. The summed E-state index contributed by atoms with van der Waals surface area (Å²) in [5.74, 6) is -1.00. The zero-order valence-corrected chi connectivity index (χ0v) is 45.3. The van der Waals surface area contributed by atoms with E-state index in [-0.39, 0.29) is 31.6 Å². The quantitative estimate of drug-likeness (QED) is 0.0262.